The van der Waals surface area contributed by atoms with Gasteiger partial charge in [-0.25, -0.2) is 0 Å². The monoisotopic (exact) mass is 524 g/mol. The minimum absolute atomic E-state index is 0. The second kappa shape index (κ2) is 16.5. The first-order chi connectivity index (χ1) is 17.9. The summed E-state index contributed by atoms with van der Waals surface area (Å²) in [6.45, 7) is 6.57. The lowest BCUT2D eigenvalue weighted by Crippen LogP contribution is -2.41. The largest absolute Gasteiger partial charge is 0.494 e. The molecule has 0 aromatic heterocycles. The molecule has 0 radical (unpaired) electrons. The third-order valence-corrected chi connectivity index (χ3v) is 7.05. The zero-order valence-corrected chi connectivity index (χ0v) is 22.9. The van der Waals surface area contributed by atoms with Crippen LogP contribution in [0.15, 0.2) is 48.5 Å². The molecule has 8 heteroatoms. The van der Waals surface area contributed by atoms with Gasteiger partial charge in [-0.05, 0) is 80.7 Å². The molecule has 0 saturated carbocycles. The molecule has 2 aromatic carbocycles. The number of likely N-dealkylation sites (tertiary alicyclic amines) is 1. The first-order valence-corrected chi connectivity index (χ1v) is 13.4. The van der Waals surface area contributed by atoms with Crippen molar-refractivity contribution in [2.45, 2.75) is 71.4 Å². The molecule has 1 aliphatic rings. The van der Waals surface area contributed by atoms with E-state index in [9.17, 15) is 14.4 Å². The highest BCUT2D eigenvalue weighted by molar-refractivity contribution is 5.84. The molecule has 3 rings (SSSR count). The fourth-order valence-electron chi connectivity index (χ4n) is 4.78. The summed E-state index contributed by atoms with van der Waals surface area (Å²) in [7, 11) is 0. The van der Waals surface area contributed by atoms with E-state index in [1.54, 1.807) is 0 Å². The molecule has 0 bridgehead atoms. The van der Waals surface area contributed by atoms with Crippen molar-refractivity contribution in [2.75, 3.05) is 19.7 Å². The zero-order valence-electron chi connectivity index (χ0n) is 22.9. The van der Waals surface area contributed by atoms with Crippen molar-refractivity contribution in [3.05, 3.63) is 65.2 Å². The third kappa shape index (κ3) is 10.5. The Morgan fingerprint density at radius 2 is 1.95 bits per heavy atom. The summed E-state index contributed by atoms with van der Waals surface area (Å²) < 4.78 is 5.97. The molecule has 1 fully saturated rings. The summed E-state index contributed by atoms with van der Waals surface area (Å²) >= 11 is 0. The van der Waals surface area contributed by atoms with Gasteiger partial charge in [0.05, 0.1) is 6.61 Å². The topological polar surface area (TPSA) is 123 Å². The number of carbonyl (C=O) groups is 3. The van der Waals surface area contributed by atoms with Gasteiger partial charge in [-0.1, -0.05) is 36.4 Å². The van der Waals surface area contributed by atoms with Gasteiger partial charge in [0.15, 0.2) is 0 Å². The molecule has 1 aliphatic heterocycles. The number of ether oxygens (including phenoxy) is 1. The first-order valence-electron chi connectivity index (χ1n) is 13.4. The van der Waals surface area contributed by atoms with Crippen molar-refractivity contribution in [2.24, 2.45) is 5.92 Å². The fraction of sp³-hybridized carbons (Fsp3) is 0.500. The number of nitrogens with zero attached hydrogens (tertiary/aromatic N) is 1. The van der Waals surface area contributed by atoms with E-state index in [0.29, 0.717) is 25.5 Å². The molecule has 38 heavy (non-hydrogen) atoms. The average Bonchev–Trinajstić information content (AvgIpc) is 2.91. The van der Waals surface area contributed by atoms with Crippen LogP contribution in [0.5, 0.6) is 5.75 Å². The summed E-state index contributed by atoms with van der Waals surface area (Å²) in [5.74, 6) is 1.19. The Kier molecular flexibility index (Phi) is 13.3. The highest BCUT2D eigenvalue weighted by atomic mass is 16.5. The summed E-state index contributed by atoms with van der Waals surface area (Å²) in [6.07, 6.45) is 5.90. The van der Waals surface area contributed by atoms with E-state index in [2.05, 4.69) is 22.8 Å². The Labute approximate surface area is 227 Å². The van der Waals surface area contributed by atoms with Gasteiger partial charge in [-0.2, -0.15) is 0 Å². The van der Waals surface area contributed by atoms with Crippen LogP contribution in [0.1, 0.15) is 62.1 Å². The van der Waals surface area contributed by atoms with Crippen LogP contribution in [0, 0.1) is 12.8 Å². The van der Waals surface area contributed by atoms with Gasteiger partial charge in [0, 0.05) is 38.5 Å². The van der Waals surface area contributed by atoms with E-state index in [4.69, 9.17) is 4.74 Å². The number of hydrogen-bond acceptors (Lipinski definition) is 5. The van der Waals surface area contributed by atoms with Crippen molar-refractivity contribution in [1.29, 1.82) is 0 Å². The van der Waals surface area contributed by atoms with Crippen molar-refractivity contribution in [3.8, 4) is 5.75 Å². The van der Waals surface area contributed by atoms with E-state index in [-0.39, 0.29) is 36.8 Å². The molecule has 2 aromatic rings. The first kappa shape index (κ1) is 30.8. The van der Waals surface area contributed by atoms with Crippen LogP contribution in [0.3, 0.4) is 0 Å². The smallest absolute Gasteiger partial charge is 0.223 e. The van der Waals surface area contributed by atoms with Crippen LogP contribution in [-0.2, 0) is 27.3 Å². The van der Waals surface area contributed by atoms with Crippen LogP contribution in [-0.4, -0.2) is 48.9 Å². The van der Waals surface area contributed by atoms with Crippen LogP contribution < -0.4 is 21.5 Å². The molecule has 2 unspecified atom stereocenters. The van der Waals surface area contributed by atoms with Gasteiger partial charge in [0.2, 0.25) is 18.2 Å². The third-order valence-electron chi connectivity index (χ3n) is 7.05. The molecule has 0 aliphatic carbocycles. The van der Waals surface area contributed by atoms with Crippen molar-refractivity contribution >= 4 is 18.2 Å². The Bertz CT molecular complexity index is 1010. The maximum atomic E-state index is 12.8. The predicted molar refractivity (Wildman–Crippen MR) is 150 cm³/mol. The van der Waals surface area contributed by atoms with Crippen molar-refractivity contribution in [3.63, 3.8) is 0 Å². The highest BCUT2D eigenvalue weighted by Gasteiger charge is 2.24. The number of rotatable bonds is 14. The summed E-state index contributed by atoms with van der Waals surface area (Å²) in [6, 6.07) is 16.2. The standard InChI is InChI=1S/C30H41N3O4.H3N/c1-23-10-13-28(19-27(23)20-31-22-34)37-18-16-26-9-6-17-33(21-26)30(36)15-14-29(35)32-24(2)11-12-25-7-4-3-5-8-25;/h3-5,7-8,10,13,19,22,24,26H,6,9,11-12,14-18,20-21H2,1-2H3,(H,31,34)(H,32,35);1H3. The van der Waals surface area contributed by atoms with Crippen molar-refractivity contribution < 1.29 is 19.1 Å². The quantitative estimate of drug-likeness (QED) is 0.318. The Hall–Kier alpha value is -3.39. The van der Waals surface area contributed by atoms with Crippen LogP contribution >= 0.6 is 0 Å². The number of piperidine rings is 1. The summed E-state index contributed by atoms with van der Waals surface area (Å²) in [5.41, 5.74) is 3.41. The van der Waals surface area contributed by atoms with E-state index < -0.39 is 0 Å². The number of nitrogens with one attached hydrogen (secondary N) is 2. The maximum Gasteiger partial charge on any atom is 0.223 e. The number of carbonyl (C=O) groups excluding carboxylic acids is 3. The van der Waals surface area contributed by atoms with Gasteiger partial charge >= 0.3 is 0 Å². The normalized spacial score (nSPS) is 15.6. The SMILES string of the molecule is Cc1ccc(OCCC2CCCN(C(=O)CCC(=O)NC(C)CCc3ccccc3)C2)cc1CNC=O.N. The van der Waals surface area contributed by atoms with E-state index in [0.717, 1.165) is 62.1 Å². The summed E-state index contributed by atoms with van der Waals surface area (Å²) in [5, 5.41) is 5.73. The van der Waals surface area contributed by atoms with Crippen LogP contribution in [0.4, 0.5) is 0 Å². The highest BCUT2D eigenvalue weighted by Crippen LogP contribution is 2.22. The number of benzene rings is 2. The van der Waals surface area contributed by atoms with Gasteiger partial charge in [0.25, 0.3) is 0 Å². The van der Waals surface area contributed by atoms with Crippen LogP contribution in [0.25, 0.3) is 0 Å². The molecule has 1 saturated heterocycles. The molecular formula is C30H44N4O4. The van der Waals surface area contributed by atoms with Gasteiger partial charge in [-0.15, -0.1) is 0 Å². The molecule has 3 amide bonds. The van der Waals surface area contributed by atoms with E-state index in [1.807, 2.05) is 55.1 Å². The minimum Gasteiger partial charge on any atom is -0.494 e. The number of aryl methyl sites for hydroxylation is 2. The average molecular weight is 525 g/mol. The molecule has 208 valence electrons. The number of amides is 3. The Balaban J connectivity index is 0.00000507. The molecule has 1 heterocycles. The van der Waals surface area contributed by atoms with Gasteiger partial charge in [0.1, 0.15) is 5.75 Å². The van der Waals surface area contributed by atoms with Crippen molar-refractivity contribution in [1.82, 2.24) is 21.7 Å². The minimum atomic E-state index is -0.0586. The van der Waals surface area contributed by atoms with E-state index in [1.165, 1.54) is 5.56 Å². The number of hydrogen-bond donors (Lipinski definition) is 3. The lowest BCUT2D eigenvalue weighted by atomic mass is 9.95. The lowest BCUT2D eigenvalue weighted by Gasteiger charge is -2.33. The summed E-state index contributed by atoms with van der Waals surface area (Å²) in [4.78, 5) is 37.7. The van der Waals surface area contributed by atoms with Crippen LogP contribution in [0.2, 0.25) is 0 Å². The molecule has 8 nitrogen and oxygen atoms in total. The second-order valence-corrected chi connectivity index (χ2v) is 10.1. The van der Waals surface area contributed by atoms with Gasteiger partial charge < -0.3 is 26.4 Å². The predicted octanol–water partition coefficient (Wildman–Crippen LogP) is 4.33. The van der Waals surface area contributed by atoms with E-state index >= 15 is 0 Å². The molecular weight excluding hydrogens is 480 g/mol. The molecule has 2 atom stereocenters. The van der Waals surface area contributed by atoms with Gasteiger partial charge in [-0.3, -0.25) is 14.4 Å². The lowest BCUT2D eigenvalue weighted by molar-refractivity contribution is -0.135. The Morgan fingerprint density at radius 1 is 1.16 bits per heavy atom. The molecule has 0 spiro atoms. The zero-order chi connectivity index (χ0) is 26.5. The molecule has 5 N–H and O–H groups in total. The fourth-order valence-corrected chi connectivity index (χ4v) is 4.78. The Morgan fingerprint density at radius 3 is 2.71 bits per heavy atom. The second-order valence-electron chi connectivity index (χ2n) is 10.1. The maximum absolute atomic E-state index is 12.8.